The molecule has 0 saturated heterocycles. The number of nitrogens with zero attached hydrogens (tertiary/aromatic N) is 1. The molecule has 0 unspecified atom stereocenters. The fourth-order valence-electron chi connectivity index (χ4n) is 2.02. The van der Waals surface area contributed by atoms with Crippen molar-refractivity contribution in [1.82, 2.24) is 4.72 Å². The number of carbonyl (C=O) groups excluding carboxylic acids is 1. The molecule has 6 nitrogen and oxygen atoms in total. The quantitative estimate of drug-likeness (QED) is 0.747. The zero-order valence-electron chi connectivity index (χ0n) is 13.8. The molecule has 0 fully saturated rings. The molecule has 1 N–H and O–H groups in total. The first-order valence-electron chi connectivity index (χ1n) is 7.55. The van der Waals surface area contributed by atoms with Crippen LogP contribution < -0.4 is 4.72 Å². The van der Waals surface area contributed by atoms with Crippen molar-refractivity contribution in [2.75, 3.05) is 0 Å². The summed E-state index contributed by atoms with van der Waals surface area (Å²) in [5.74, 6) is -0.914. The topological polar surface area (TPSA) is 96.3 Å². The maximum atomic E-state index is 12.3. The Kier molecular flexibility index (Phi) is 6.31. The van der Waals surface area contributed by atoms with Crippen LogP contribution in [0.15, 0.2) is 46.0 Å². The number of thiophene rings is 1. The van der Waals surface area contributed by atoms with Gasteiger partial charge in [-0.3, -0.25) is 4.79 Å². The van der Waals surface area contributed by atoms with E-state index in [1.165, 1.54) is 6.07 Å². The van der Waals surface area contributed by atoms with E-state index in [0.29, 0.717) is 5.56 Å². The summed E-state index contributed by atoms with van der Waals surface area (Å²) in [5, 5.41) is 10.4. The van der Waals surface area contributed by atoms with E-state index >= 15 is 0 Å². The van der Waals surface area contributed by atoms with Gasteiger partial charge in [-0.15, -0.1) is 11.3 Å². The molecule has 1 atom stereocenters. The van der Waals surface area contributed by atoms with Crippen LogP contribution in [0.5, 0.6) is 0 Å². The van der Waals surface area contributed by atoms with E-state index in [0.717, 1.165) is 16.9 Å². The lowest BCUT2D eigenvalue weighted by Gasteiger charge is -2.20. The van der Waals surface area contributed by atoms with Gasteiger partial charge in [-0.05, 0) is 35.1 Å². The standard InChI is InChI=1S/C17H18N2O4S2/c1-12(2)16(19-25(21,22)15-4-3-9-24-15)17(20)23-11-14-7-5-13(10-18)6-8-14/h3-9,12,16,19H,11H2,1-2H3/t16-/m1/s1. The number of nitrogens with one attached hydrogen (secondary N) is 1. The Morgan fingerprint density at radius 1 is 1.28 bits per heavy atom. The molecule has 0 spiro atoms. The molecule has 0 radical (unpaired) electrons. The van der Waals surface area contributed by atoms with Crippen LogP contribution >= 0.6 is 11.3 Å². The third kappa shape index (κ3) is 5.13. The van der Waals surface area contributed by atoms with Crippen LogP contribution in [0.1, 0.15) is 25.0 Å². The molecule has 2 aromatic rings. The number of rotatable bonds is 7. The predicted molar refractivity (Wildman–Crippen MR) is 94.2 cm³/mol. The minimum Gasteiger partial charge on any atom is -0.460 e. The number of carbonyl (C=O) groups is 1. The van der Waals surface area contributed by atoms with Gasteiger partial charge in [0.2, 0.25) is 0 Å². The third-order valence-electron chi connectivity index (χ3n) is 3.43. The highest BCUT2D eigenvalue weighted by Gasteiger charge is 2.30. The van der Waals surface area contributed by atoms with Crippen LogP contribution in [0.25, 0.3) is 0 Å². The average Bonchev–Trinajstić information content (AvgIpc) is 3.13. The van der Waals surface area contributed by atoms with Gasteiger partial charge in [0.25, 0.3) is 10.0 Å². The molecule has 0 aliphatic heterocycles. The van der Waals surface area contributed by atoms with Crippen molar-refractivity contribution in [2.45, 2.75) is 30.7 Å². The van der Waals surface area contributed by atoms with Crippen molar-refractivity contribution >= 4 is 27.3 Å². The van der Waals surface area contributed by atoms with E-state index in [4.69, 9.17) is 10.00 Å². The summed E-state index contributed by atoms with van der Waals surface area (Å²) in [7, 11) is -3.77. The highest BCUT2D eigenvalue weighted by atomic mass is 32.2. The first-order valence-corrected chi connectivity index (χ1v) is 9.91. The third-order valence-corrected chi connectivity index (χ3v) is 6.27. The number of ether oxygens (including phenoxy) is 1. The molecule has 8 heteroatoms. The van der Waals surface area contributed by atoms with Crippen molar-refractivity contribution in [3.63, 3.8) is 0 Å². The summed E-state index contributed by atoms with van der Waals surface area (Å²) in [6, 6.07) is 10.8. The lowest BCUT2D eigenvalue weighted by atomic mass is 10.1. The first kappa shape index (κ1) is 19.1. The van der Waals surface area contributed by atoms with E-state index in [2.05, 4.69) is 4.72 Å². The normalized spacial score (nSPS) is 12.6. The van der Waals surface area contributed by atoms with Crippen molar-refractivity contribution in [3.05, 3.63) is 52.9 Å². The van der Waals surface area contributed by atoms with E-state index in [-0.39, 0.29) is 16.7 Å². The average molecular weight is 378 g/mol. The summed E-state index contributed by atoms with van der Waals surface area (Å²) in [4.78, 5) is 12.3. The minimum atomic E-state index is -3.77. The molecule has 132 valence electrons. The SMILES string of the molecule is CC(C)[C@@H](NS(=O)(=O)c1cccs1)C(=O)OCc1ccc(C#N)cc1. The second kappa shape index (κ2) is 8.25. The van der Waals surface area contributed by atoms with Crippen LogP contribution in [0.4, 0.5) is 0 Å². The second-order valence-electron chi connectivity index (χ2n) is 5.69. The number of nitriles is 1. The van der Waals surface area contributed by atoms with Crippen molar-refractivity contribution in [3.8, 4) is 6.07 Å². The Balaban J connectivity index is 2.04. The number of sulfonamides is 1. The number of esters is 1. The lowest BCUT2D eigenvalue weighted by Crippen LogP contribution is -2.45. The van der Waals surface area contributed by atoms with Crippen LogP contribution in [0.2, 0.25) is 0 Å². The molecule has 0 aliphatic rings. The largest absolute Gasteiger partial charge is 0.460 e. The fourth-order valence-corrected chi connectivity index (χ4v) is 4.36. The summed E-state index contributed by atoms with van der Waals surface area (Å²) in [6.45, 7) is 3.49. The number of benzene rings is 1. The summed E-state index contributed by atoms with van der Waals surface area (Å²) in [5.41, 5.74) is 1.23. The maximum absolute atomic E-state index is 12.3. The first-order chi connectivity index (χ1) is 11.8. The second-order valence-corrected chi connectivity index (χ2v) is 8.58. The van der Waals surface area contributed by atoms with Crippen LogP contribution in [0.3, 0.4) is 0 Å². The molecule has 25 heavy (non-hydrogen) atoms. The monoisotopic (exact) mass is 378 g/mol. The fraction of sp³-hybridized carbons (Fsp3) is 0.294. The molecule has 1 heterocycles. The molecule has 2 rings (SSSR count). The molecular formula is C17H18N2O4S2. The van der Waals surface area contributed by atoms with Gasteiger partial charge in [-0.25, -0.2) is 8.42 Å². The van der Waals surface area contributed by atoms with E-state index in [1.807, 2.05) is 6.07 Å². The van der Waals surface area contributed by atoms with Gasteiger partial charge in [0.1, 0.15) is 16.9 Å². The molecule has 0 aliphatic carbocycles. The summed E-state index contributed by atoms with van der Waals surface area (Å²) in [6.07, 6.45) is 0. The molecule has 1 aromatic carbocycles. The van der Waals surface area contributed by atoms with Gasteiger partial charge in [0.15, 0.2) is 0 Å². The maximum Gasteiger partial charge on any atom is 0.324 e. The van der Waals surface area contributed by atoms with Gasteiger partial charge in [-0.1, -0.05) is 32.0 Å². The van der Waals surface area contributed by atoms with Crippen LogP contribution in [-0.2, 0) is 26.2 Å². The summed E-state index contributed by atoms with van der Waals surface area (Å²) < 4.78 is 32.4. The predicted octanol–water partition coefficient (Wildman–Crippen LogP) is 2.67. The van der Waals surface area contributed by atoms with E-state index < -0.39 is 22.0 Å². The Morgan fingerprint density at radius 3 is 2.48 bits per heavy atom. The highest BCUT2D eigenvalue weighted by Crippen LogP contribution is 2.18. The zero-order valence-corrected chi connectivity index (χ0v) is 15.4. The van der Waals surface area contributed by atoms with Gasteiger partial charge in [0, 0.05) is 0 Å². The number of hydrogen-bond acceptors (Lipinski definition) is 6. The van der Waals surface area contributed by atoms with Crippen LogP contribution in [-0.4, -0.2) is 20.4 Å². The Labute approximate surface area is 151 Å². The zero-order chi connectivity index (χ0) is 18.4. The lowest BCUT2D eigenvalue weighted by molar-refractivity contribution is -0.148. The molecule has 0 amide bonds. The van der Waals surface area contributed by atoms with Crippen molar-refractivity contribution < 1.29 is 17.9 Å². The number of hydrogen-bond donors (Lipinski definition) is 1. The Bertz CT molecular complexity index is 851. The van der Waals surface area contributed by atoms with E-state index in [1.54, 1.807) is 49.6 Å². The van der Waals surface area contributed by atoms with Gasteiger partial charge in [-0.2, -0.15) is 9.98 Å². The van der Waals surface area contributed by atoms with Crippen LogP contribution in [0, 0.1) is 17.2 Å². The smallest absolute Gasteiger partial charge is 0.324 e. The van der Waals surface area contributed by atoms with Crippen molar-refractivity contribution in [2.24, 2.45) is 5.92 Å². The van der Waals surface area contributed by atoms with Crippen molar-refractivity contribution in [1.29, 1.82) is 5.26 Å². The van der Waals surface area contributed by atoms with Gasteiger partial charge >= 0.3 is 5.97 Å². The van der Waals surface area contributed by atoms with Gasteiger partial charge < -0.3 is 4.74 Å². The summed E-state index contributed by atoms with van der Waals surface area (Å²) >= 11 is 1.08. The molecule has 0 bridgehead atoms. The molecule has 1 aromatic heterocycles. The molecule has 0 saturated carbocycles. The Hall–Kier alpha value is -2.21. The van der Waals surface area contributed by atoms with Gasteiger partial charge in [0.05, 0.1) is 11.6 Å². The molecular weight excluding hydrogens is 360 g/mol. The minimum absolute atomic E-state index is 0.00842. The van der Waals surface area contributed by atoms with E-state index in [9.17, 15) is 13.2 Å². The highest BCUT2D eigenvalue weighted by molar-refractivity contribution is 7.91. The Morgan fingerprint density at radius 2 is 1.96 bits per heavy atom.